The van der Waals surface area contributed by atoms with Gasteiger partial charge in [0, 0.05) is 0 Å². The smallest absolute Gasteiger partial charge is 0.282 e. The number of rotatable bonds is 3. The normalized spacial score (nSPS) is 10.3. The lowest BCUT2D eigenvalue weighted by Crippen LogP contribution is -4.05. The molecule has 0 aliphatic carbocycles. The fourth-order valence-corrected chi connectivity index (χ4v) is 4.18. The van der Waals surface area contributed by atoms with E-state index in [1.54, 1.807) is 0 Å². The molecule has 0 spiro atoms. The molecular weight excluding hydrogens is 423 g/mol. The van der Waals surface area contributed by atoms with Crippen molar-refractivity contribution in [2.75, 3.05) is 0 Å². The van der Waals surface area contributed by atoms with Crippen LogP contribution in [-0.2, 0) is 10.9 Å². The molecule has 3 rings (SSSR count). The van der Waals surface area contributed by atoms with Gasteiger partial charge in [0.2, 0.25) is 0 Å². The largest absolute Gasteiger partial charge is 0.427 e. The summed E-state index contributed by atoms with van der Waals surface area (Å²) < 4.78 is 25.7. The van der Waals surface area contributed by atoms with E-state index in [-0.39, 0.29) is 10.9 Å². The third-order valence-corrected chi connectivity index (χ3v) is 5.17. The first-order valence-electron chi connectivity index (χ1n) is 6.81. The van der Waals surface area contributed by atoms with E-state index in [4.69, 9.17) is 10.3 Å². The number of halogens is 1. The van der Waals surface area contributed by atoms with Crippen molar-refractivity contribution in [3.05, 3.63) is 91.0 Å². The highest BCUT2D eigenvalue weighted by Crippen LogP contribution is 2.30. The fourth-order valence-electron chi connectivity index (χ4n) is 2.08. The molecule has 0 fully saturated rings. The van der Waals surface area contributed by atoms with E-state index < -0.39 is 21.1 Å². The monoisotopic (exact) mass is 438 g/mol. The molecule has 0 aliphatic heterocycles. The van der Waals surface area contributed by atoms with Gasteiger partial charge in [-0.3, -0.25) is 0 Å². The SMILES string of the molecule is [O-][I+2]([O-])[O-].c1ccc([S+](c2ccccc2)c2ccccc2)cc1. The quantitative estimate of drug-likeness (QED) is 0.359. The molecule has 5 heteroatoms. The minimum Gasteiger partial charge on any atom is -0.427 e. The lowest BCUT2D eigenvalue weighted by molar-refractivity contribution is -1.73. The Morgan fingerprint density at radius 2 is 0.696 bits per heavy atom. The van der Waals surface area contributed by atoms with Crippen LogP contribution in [0.15, 0.2) is 106 Å². The van der Waals surface area contributed by atoms with Crippen LogP contribution in [0.5, 0.6) is 0 Å². The Morgan fingerprint density at radius 3 is 0.913 bits per heavy atom. The van der Waals surface area contributed by atoms with E-state index in [0.29, 0.717) is 0 Å². The first-order valence-corrected chi connectivity index (χ1v) is 10.7. The van der Waals surface area contributed by atoms with Crippen LogP contribution in [0.2, 0.25) is 0 Å². The summed E-state index contributed by atoms with van der Waals surface area (Å²) in [5.41, 5.74) is 0. The maximum atomic E-state index is 8.57. The van der Waals surface area contributed by atoms with Crippen molar-refractivity contribution in [2.45, 2.75) is 14.7 Å². The van der Waals surface area contributed by atoms with Gasteiger partial charge in [0.1, 0.15) is 0 Å². The van der Waals surface area contributed by atoms with Crippen molar-refractivity contribution in [3.63, 3.8) is 0 Å². The van der Waals surface area contributed by atoms with E-state index in [1.165, 1.54) is 14.7 Å². The molecule has 0 aliphatic rings. The predicted molar refractivity (Wildman–Crippen MR) is 81.5 cm³/mol. The van der Waals surface area contributed by atoms with Gasteiger partial charge in [0.25, 0.3) is 21.1 Å². The average molecular weight is 438 g/mol. The summed E-state index contributed by atoms with van der Waals surface area (Å²) in [5, 5.41) is 0. The Bertz CT molecular complexity index is 582. The molecule has 3 aromatic carbocycles. The van der Waals surface area contributed by atoms with Crippen molar-refractivity contribution >= 4 is 10.9 Å². The highest BCUT2D eigenvalue weighted by molar-refractivity contribution is 7.97. The molecular formula is C18H15IO3S. The fraction of sp³-hybridized carbons (Fsp3) is 0. The maximum Gasteiger partial charge on any atom is 0.282 e. The zero-order valence-corrected chi connectivity index (χ0v) is 15.1. The summed E-state index contributed by atoms with van der Waals surface area (Å²) in [4.78, 5) is 4.08. The molecule has 0 unspecified atom stereocenters. The summed E-state index contributed by atoms with van der Waals surface area (Å²) in [6.45, 7) is 0. The van der Waals surface area contributed by atoms with Crippen LogP contribution < -0.4 is 31.4 Å². The summed E-state index contributed by atoms with van der Waals surface area (Å²) in [7, 11) is -0.0146. The highest BCUT2D eigenvalue weighted by atomic mass is 127. The minimum absolute atomic E-state index is 0.0146. The molecule has 0 saturated carbocycles. The van der Waals surface area contributed by atoms with Gasteiger partial charge in [-0.2, -0.15) is 0 Å². The summed E-state index contributed by atoms with van der Waals surface area (Å²) in [6, 6.07) is 32.2. The average Bonchev–Trinajstić information content (AvgIpc) is 2.58. The van der Waals surface area contributed by atoms with Crippen LogP contribution in [0.3, 0.4) is 0 Å². The molecule has 23 heavy (non-hydrogen) atoms. The van der Waals surface area contributed by atoms with E-state index in [0.717, 1.165) is 0 Å². The van der Waals surface area contributed by atoms with Crippen molar-refractivity contribution < 1.29 is 31.4 Å². The van der Waals surface area contributed by atoms with Gasteiger partial charge in [0.15, 0.2) is 14.7 Å². The Morgan fingerprint density at radius 1 is 0.478 bits per heavy atom. The molecule has 3 nitrogen and oxygen atoms in total. The standard InChI is InChI=1S/C18H15S.IO3/c1-4-10-16(11-5-1)19(17-12-6-2-7-13-17)18-14-8-3-9-15-18;2-1(3)4/h1-15H;/q+1;-1. The molecule has 3 aromatic rings. The van der Waals surface area contributed by atoms with Gasteiger partial charge in [-0.15, -0.1) is 0 Å². The first-order chi connectivity index (χ1) is 11.2. The number of hydrogen-bond donors (Lipinski definition) is 0. The summed E-state index contributed by atoms with van der Waals surface area (Å²) >= 11 is -4.01. The third-order valence-electron chi connectivity index (χ3n) is 2.94. The zero-order chi connectivity index (χ0) is 16.5. The van der Waals surface area contributed by atoms with Crippen molar-refractivity contribution in [1.82, 2.24) is 0 Å². The van der Waals surface area contributed by atoms with Crippen LogP contribution in [0, 0.1) is 0 Å². The lowest BCUT2D eigenvalue weighted by Gasteiger charge is -2.07. The van der Waals surface area contributed by atoms with Gasteiger partial charge in [-0.05, 0) is 36.4 Å². The highest BCUT2D eigenvalue weighted by Gasteiger charge is 2.27. The molecule has 0 radical (unpaired) electrons. The van der Waals surface area contributed by atoms with Gasteiger partial charge in [0.05, 0.1) is 10.9 Å². The molecule has 0 amide bonds. The zero-order valence-electron chi connectivity index (χ0n) is 12.2. The Labute approximate surface area is 147 Å². The number of benzene rings is 3. The second-order valence-electron chi connectivity index (χ2n) is 4.43. The molecule has 0 atom stereocenters. The van der Waals surface area contributed by atoms with Crippen molar-refractivity contribution in [3.8, 4) is 0 Å². The molecule has 0 heterocycles. The summed E-state index contributed by atoms with van der Waals surface area (Å²) in [6.07, 6.45) is 0. The van der Waals surface area contributed by atoms with Gasteiger partial charge >= 0.3 is 0 Å². The third kappa shape index (κ3) is 5.96. The second-order valence-corrected chi connectivity index (χ2v) is 7.54. The minimum atomic E-state index is -4.01. The van der Waals surface area contributed by atoms with E-state index in [2.05, 4.69) is 91.0 Å². The van der Waals surface area contributed by atoms with Crippen LogP contribution in [0.1, 0.15) is 0 Å². The second kappa shape index (κ2) is 9.69. The van der Waals surface area contributed by atoms with Crippen LogP contribution >= 0.6 is 0 Å². The van der Waals surface area contributed by atoms with Crippen LogP contribution in [0.4, 0.5) is 0 Å². The Kier molecular flexibility index (Phi) is 7.57. The molecule has 118 valence electrons. The molecule has 0 bridgehead atoms. The van der Waals surface area contributed by atoms with E-state index in [9.17, 15) is 0 Å². The van der Waals surface area contributed by atoms with Gasteiger partial charge in [-0.25, -0.2) is 0 Å². The molecule has 0 aromatic heterocycles. The van der Waals surface area contributed by atoms with Gasteiger partial charge < -0.3 is 10.3 Å². The van der Waals surface area contributed by atoms with Crippen molar-refractivity contribution in [2.24, 2.45) is 0 Å². The van der Waals surface area contributed by atoms with Crippen molar-refractivity contribution in [1.29, 1.82) is 0 Å². The topological polar surface area (TPSA) is 69.2 Å². The van der Waals surface area contributed by atoms with E-state index >= 15 is 0 Å². The van der Waals surface area contributed by atoms with Crippen LogP contribution in [-0.4, -0.2) is 0 Å². The predicted octanol–water partition coefficient (Wildman–Crippen LogP) is -1.78. The Balaban J connectivity index is 0.000000433. The Hall–Kier alpha value is -1.38. The molecule has 0 N–H and O–H groups in total. The maximum absolute atomic E-state index is 8.57. The number of hydrogen-bond acceptors (Lipinski definition) is 3. The summed E-state index contributed by atoms with van der Waals surface area (Å²) in [5.74, 6) is 0. The first kappa shape index (κ1) is 18.0. The molecule has 0 saturated heterocycles. The van der Waals surface area contributed by atoms with Gasteiger partial charge in [-0.1, -0.05) is 54.6 Å². The lowest BCUT2D eigenvalue weighted by atomic mass is 10.4. The van der Waals surface area contributed by atoms with Crippen LogP contribution in [0.25, 0.3) is 0 Å². The van der Waals surface area contributed by atoms with E-state index in [1.807, 2.05) is 0 Å².